The highest BCUT2D eigenvalue weighted by atomic mass is 32.1. The molecular weight excluding hydrogens is 400 g/mol. The van der Waals surface area contributed by atoms with E-state index in [9.17, 15) is 9.59 Å². The van der Waals surface area contributed by atoms with Gasteiger partial charge < -0.3 is 15.0 Å². The average Bonchev–Trinajstić information content (AvgIpc) is 3.39. The van der Waals surface area contributed by atoms with E-state index in [-0.39, 0.29) is 18.4 Å². The third kappa shape index (κ3) is 4.71. The number of thiophene rings is 1. The fourth-order valence-electron chi connectivity index (χ4n) is 3.43. The van der Waals surface area contributed by atoms with Gasteiger partial charge >= 0.3 is 0 Å². The van der Waals surface area contributed by atoms with Crippen LogP contribution in [0.1, 0.15) is 28.9 Å². The van der Waals surface area contributed by atoms with E-state index in [1.54, 1.807) is 24.1 Å². The second-order valence-electron chi connectivity index (χ2n) is 7.26. The smallest absolute Gasteiger partial charge is 0.269 e. The third-order valence-corrected chi connectivity index (χ3v) is 6.15. The number of rotatable bonds is 6. The standard InChI is InChI=1S/C22H24N4O3S/c1-25-14-17(13-23-25)24-22(28)21-18(12-19(30-21)16-8-4-2-5-9-16)29-15-20(27)26-10-6-3-7-11-26/h2,4-5,8-9,12-14H,3,6-7,10-11,15H2,1H3,(H,24,28). The van der Waals surface area contributed by atoms with Crippen LogP contribution in [-0.4, -0.2) is 46.2 Å². The number of aryl methyl sites for hydroxylation is 1. The van der Waals surface area contributed by atoms with E-state index < -0.39 is 0 Å². The molecule has 0 spiro atoms. The Kier molecular flexibility index (Phi) is 6.13. The Morgan fingerprint density at radius 2 is 1.93 bits per heavy atom. The normalized spacial score (nSPS) is 13.8. The molecule has 0 saturated carbocycles. The summed E-state index contributed by atoms with van der Waals surface area (Å²) in [6.45, 7) is 1.48. The van der Waals surface area contributed by atoms with Gasteiger partial charge in [-0.15, -0.1) is 11.3 Å². The molecule has 0 unspecified atom stereocenters. The third-order valence-electron chi connectivity index (χ3n) is 4.99. The van der Waals surface area contributed by atoms with E-state index in [4.69, 9.17) is 4.74 Å². The van der Waals surface area contributed by atoms with Crippen molar-refractivity contribution >= 4 is 28.8 Å². The average molecular weight is 425 g/mol. The van der Waals surface area contributed by atoms with Crippen molar-refractivity contribution < 1.29 is 14.3 Å². The first-order valence-electron chi connectivity index (χ1n) is 10.00. The van der Waals surface area contributed by atoms with Gasteiger partial charge in [-0.3, -0.25) is 14.3 Å². The van der Waals surface area contributed by atoms with Crippen LogP contribution < -0.4 is 10.1 Å². The number of nitrogens with zero attached hydrogens (tertiary/aromatic N) is 3. The Morgan fingerprint density at radius 1 is 1.17 bits per heavy atom. The minimum absolute atomic E-state index is 0.0409. The van der Waals surface area contributed by atoms with Crippen molar-refractivity contribution in [2.45, 2.75) is 19.3 Å². The molecule has 2 amide bonds. The van der Waals surface area contributed by atoms with E-state index in [2.05, 4.69) is 10.4 Å². The highest BCUT2D eigenvalue weighted by Gasteiger charge is 2.22. The highest BCUT2D eigenvalue weighted by Crippen LogP contribution is 2.37. The minimum Gasteiger partial charge on any atom is -0.482 e. The molecule has 1 N–H and O–H groups in total. The second-order valence-corrected chi connectivity index (χ2v) is 8.31. The maximum absolute atomic E-state index is 12.9. The summed E-state index contributed by atoms with van der Waals surface area (Å²) in [7, 11) is 1.79. The topological polar surface area (TPSA) is 76.5 Å². The van der Waals surface area contributed by atoms with Crippen molar-refractivity contribution in [2.75, 3.05) is 25.0 Å². The molecule has 0 atom stereocenters. The molecule has 1 aliphatic rings. The number of amides is 2. The fraction of sp³-hybridized carbons (Fsp3) is 0.318. The molecule has 1 aliphatic heterocycles. The molecule has 156 valence electrons. The van der Waals surface area contributed by atoms with Gasteiger partial charge in [0.15, 0.2) is 6.61 Å². The van der Waals surface area contributed by atoms with Gasteiger partial charge in [-0.2, -0.15) is 5.10 Å². The van der Waals surface area contributed by atoms with E-state index in [0.29, 0.717) is 16.3 Å². The van der Waals surface area contributed by atoms with Gasteiger partial charge in [0.2, 0.25) is 0 Å². The minimum atomic E-state index is -0.282. The van der Waals surface area contributed by atoms with Crippen molar-refractivity contribution in [3.8, 4) is 16.2 Å². The lowest BCUT2D eigenvalue weighted by Crippen LogP contribution is -2.38. The van der Waals surface area contributed by atoms with Gasteiger partial charge in [0.1, 0.15) is 10.6 Å². The molecule has 1 aromatic carbocycles. The van der Waals surface area contributed by atoms with Crippen LogP contribution in [0.2, 0.25) is 0 Å². The summed E-state index contributed by atoms with van der Waals surface area (Å²) in [6.07, 6.45) is 6.53. The van der Waals surface area contributed by atoms with Crippen LogP contribution in [0.25, 0.3) is 10.4 Å². The first-order chi connectivity index (χ1) is 14.6. The molecular formula is C22H24N4O3S. The van der Waals surface area contributed by atoms with Gasteiger partial charge in [-0.1, -0.05) is 30.3 Å². The molecule has 3 aromatic rings. The zero-order valence-electron chi connectivity index (χ0n) is 16.8. The maximum atomic E-state index is 12.9. The largest absolute Gasteiger partial charge is 0.482 e. The number of aromatic nitrogens is 2. The van der Waals surface area contributed by atoms with Crippen LogP contribution in [0.5, 0.6) is 5.75 Å². The summed E-state index contributed by atoms with van der Waals surface area (Å²) in [6, 6.07) is 11.6. The van der Waals surface area contributed by atoms with E-state index in [1.807, 2.05) is 41.3 Å². The summed E-state index contributed by atoms with van der Waals surface area (Å²) < 4.78 is 7.48. The number of carbonyl (C=O) groups excluding carboxylic acids is 2. The van der Waals surface area contributed by atoms with Crippen LogP contribution in [-0.2, 0) is 11.8 Å². The number of carbonyl (C=O) groups is 2. The van der Waals surface area contributed by atoms with Gasteiger partial charge in [0, 0.05) is 31.2 Å². The molecule has 2 aromatic heterocycles. The van der Waals surface area contributed by atoms with Crippen LogP contribution in [0.3, 0.4) is 0 Å². The number of anilines is 1. The first kappa shape index (κ1) is 20.2. The first-order valence-corrected chi connectivity index (χ1v) is 10.8. The van der Waals surface area contributed by atoms with Crippen molar-refractivity contribution in [3.63, 3.8) is 0 Å². The second kappa shape index (κ2) is 9.13. The molecule has 0 aliphatic carbocycles. The van der Waals surface area contributed by atoms with Crippen molar-refractivity contribution in [1.82, 2.24) is 14.7 Å². The molecule has 1 saturated heterocycles. The predicted octanol–water partition coefficient (Wildman–Crippen LogP) is 3.79. The molecule has 3 heterocycles. The van der Waals surface area contributed by atoms with Crippen molar-refractivity contribution in [3.05, 3.63) is 53.7 Å². The Hall–Kier alpha value is -3.13. The number of ether oxygens (including phenoxy) is 1. The quantitative estimate of drug-likeness (QED) is 0.653. The number of hydrogen-bond acceptors (Lipinski definition) is 5. The number of likely N-dealkylation sites (tertiary alicyclic amines) is 1. The summed E-state index contributed by atoms with van der Waals surface area (Å²) in [5.74, 6) is 0.0991. The lowest BCUT2D eigenvalue weighted by atomic mass is 10.1. The number of benzene rings is 1. The monoisotopic (exact) mass is 424 g/mol. The number of piperidine rings is 1. The summed E-state index contributed by atoms with van der Waals surface area (Å²) in [4.78, 5) is 28.6. The maximum Gasteiger partial charge on any atom is 0.269 e. The van der Waals surface area contributed by atoms with Gasteiger partial charge in [0.25, 0.3) is 11.8 Å². The SMILES string of the molecule is Cn1cc(NC(=O)c2sc(-c3ccccc3)cc2OCC(=O)N2CCCCC2)cn1. The van der Waals surface area contributed by atoms with E-state index >= 15 is 0 Å². The Labute approximate surface area is 179 Å². The van der Waals surface area contributed by atoms with Gasteiger partial charge in [-0.25, -0.2) is 0 Å². The van der Waals surface area contributed by atoms with Crippen molar-refractivity contribution in [2.24, 2.45) is 7.05 Å². The highest BCUT2D eigenvalue weighted by molar-refractivity contribution is 7.17. The number of nitrogens with one attached hydrogen (secondary N) is 1. The molecule has 8 heteroatoms. The summed E-state index contributed by atoms with van der Waals surface area (Å²) in [5.41, 5.74) is 1.60. The summed E-state index contributed by atoms with van der Waals surface area (Å²) in [5, 5.41) is 6.92. The van der Waals surface area contributed by atoms with Gasteiger partial charge in [-0.05, 0) is 30.9 Å². The summed E-state index contributed by atoms with van der Waals surface area (Å²) >= 11 is 1.34. The molecule has 0 radical (unpaired) electrons. The zero-order chi connectivity index (χ0) is 20.9. The van der Waals surface area contributed by atoms with Crippen LogP contribution in [0.15, 0.2) is 48.8 Å². The fourth-order valence-corrected chi connectivity index (χ4v) is 4.43. The van der Waals surface area contributed by atoms with Crippen LogP contribution in [0.4, 0.5) is 5.69 Å². The van der Waals surface area contributed by atoms with Crippen molar-refractivity contribution in [1.29, 1.82) is 0 Å². The molecule has 1 fully saturated rings. The number of hydrogen-bond donors (Lipinski definition) is 1. The van der Waals surface area contributed by atoms with Gasteiger partial charge in [0.05, 0.1) is 11.9 Å². The Balaban J connectivity index is 1.54. The molecule has 0 bridgehead atoms. The lowest BCUT2D eigenvalue weighted by Gasteiger charge is -2.26. The van der Waals surface area contributed by atoms with E-state index in [0.717, 1.165) is 42.8 Å². The zero-order valence-corrected chi connectivity index (χ0v) is 17.7. The molecule has 4 rings (SSSR count). The lowest BCUT2D eigenvalue weighted by molar-refractivity contribution is -0.134. The molecule has 7 nitrogen and oxygen atoms in total. The predicted molar refractivity (Wildman–Crippen MR) is 117 cm³/mol. The van der Waals surface area contributed by atoms with Crippen LogP contribution in [0, 0.1) is 0 Å². The molecule has 30 heavy (non-hydrogen) atoms. The Bertz CT molecular complexity index is 1020. The Morgan fingerprint density at radius 3 is 2.63 bits per heavy atom. The van der Waals surface area contributed by atoms with Crippen LogP contribution >= 0.6 is 11.3 Å². The van der Waals surface area contributed by atoms with E-state index in [1.165, 1.54) is 11.3 Å².